The molecule has 1 aromatic heterocycles. The number of nitrogens with zero attached hydrogens (tertiary/aromatic N) is 2. The number of fused-ring (bicyclic) bond motifs is 1. The molecule has 108 valence electrons. The Morgan fingerprint density at radius 2 is 2.19 bits per heavy atom. The number of carbonyl (C=O) groups is 2. The number of thioether (sulfide) groups is 1. The maximum atomic E-state index is 12.3. The van der Waals surface area contributed by atoms with Gasteiger partial charge in [-0.3, -0.25) is 14.6 Å². The molecule has 1 saturated heterocycles. The molecule has 1 fully saturated rings. The Kier molecular flexibility index (Phi) is 3.92. The number of hydrogen-bond donors (Lipinski definition) is 0. The molecule has 1 amide bonds. The van der Waals surface area contributed by atoms with Crippen molar-refractivity contribution >= 4 is 39.4 Å². The van der Waals surface area contributed by atoms with E-state index in [1.165, 1.54) is 11.8 Å². The second kappa shape index (κ2) is 5.85. The molecular weight excluding hydrogens is 284 g/mol. The third-order valence-electron chi connectivity index (χ3n) is 3.63. The summed E-state index contributed by atoms with van der Waals surface area (Å²) in [6, 6.07) is 9.77. The lowest BCUT2D eigenvalue weighted by atomic mass is 10.1. The van der Waals surface area contributed by atoms with Crippen LogP contribution in [0.5, 0.6) is 0 Å². The first-order valence-electron chi connectivity index (χ1n) is 6.92. The monoisotopic (exact) mass is 300 g/mol. The fourth-order valence-corrected chi connectivity index (χ4v) is 3.36. The van der Waals surface area contributed by atoms with Gasteiger partial charge >= 0.3 is 0 Å². The number of benzene rings is 1. The standard InChI is InChI=1S/C16H16N2O2S/c1-11(19)21-10-12-8-15(20)18(9-12)14-6-2-4-13-5-3-7-17-16(13)14/h2-7,12H,8-10H2,1H3. The predicted molar refractivity (Wildman–Crippen MR) is 85.3 cm³/mol. The minimum absolute atomic E-state index is 0.104. The molecule has 21 heavy (non-hydrogen) atoms. The fraction of sp³-hybridized carbons (Fsp3) is 0.312. The molecule has 0 saturated carbocycles. The molecule has 2 heterocycles. The number of para-hydroxylation sites is 1. The molecule has 0 radical (unpaired) electrons. The van der Waals surface area contributed by atoms with Gasteiger partial charge in [0.1, 0.15) is 0 Å². The van der Waals surface area contributed by atoms with E-state index in [0.717, 1.165) is 16.6 Å². The van der Waals surface area contributed by atoms with Crippen molar-refractivity contribution in [3.05, 3.63) is 36.5 Å². The van der Waals surface area contributed by atoms with Crippen molar-refractivity contribution in [1.82, 2.24) is 4.98 Å². The van der Waals surface area contributed by atoms with Crippen LogP contribution < -0.4 is 4.90 Å². The van der Waals surface area contributed by atoms with Gasteiger partial charge in [0.05, 0.1) is 11.2 Å². The second-order valence-electron chi connectivity index (χ2n) is 5.23. The van der Waals surface area contributed by atoms with E-state index in [9.17, 15) is 9.59 Å². The van der Waals surface area contributed by atoms with Crippen molar-refractivity contribution in [2.24, 2.45) is 5.92 Å². The van der Waals surface area contributed by atoms with Gasteiger partial charge in [-0.05, 0) is 18.1 Å². The number of anilines is 1. The molecule has 0 N–H and O–H groups in total. The number of hydrogen-bond acceptors (Lipinski definition) is 4. The largest absolute Gasteiger partial charge is 0.310 e. The molecule has 1 unspecified atom stereocenters. The van der Waals surface area contributed by atoms with Crippen molar-refractivity contribution in [1.29, 1.82) is 0 Å². The summed E-state index contributed by atoms with van der Waals surface area (Å²) >= 11 is 1.30. The van der Waals surface area contributed by atoms with Crippen LogP contribution in [0.25, 0.3) is 10.9 Å². The Morgan fingerprint density at radius 3 is 3.00 bits per heavy atom. The van der Waals surface area contributed by atoms with Gasteiger partial charge in [0.15, 0.2) is 5.12 Å². The van der Waals surface area contributed by atoms with E-state index in [4.69, 9.17) is 0 Å². The molecule has 4 nitrogen and oxygen atoms in total. The molecule has 1 aromatic carbocycles. The summed E-state index contributed by atoms with van der Waals surface area (Å²) in [5.41, 5.74) is 1.72. The molecule has 5 heteroatoms. The van der Waals surface area contributed by atoms with Crippen molar-refractivity contribution < 1.29 is 9.59 Å². The quantitative estimate of drug-likeness (QED) is 0.874. The highest BCUT2D eigenvalue weighted by molar-refractivity contribution is 8.13. The Morgan fingerprint density at radius 1 is 1.38 bits per heavy atom. The summed E-state index contributed by atoms with van der Waals surface area (Å²) in [5, 5.41) is 1.14. The van der Waals surface area contributed by atoms with Crippen LogP contribution in [-0.2, 0) is 9.59 Å². The van der Waals surface area contributed by atoms with Crippen LogP contribution in [-0.4, -0.2) is 28.3 Å². The lowest BCUT2D eigenvalue weighted by molar-refractivity contribution is -0.117. The van der Waals surface area contributed by atoms with Crippen LogP contribution in [0.4, 0.5) is 5.69 Å². The molecule has 0 aliphatic carbocycles. The smallest absolute Gasteiger partial charge is 0.227 e. The number of carbonyl (C=O) groups excluding carboxylic acids is 2. The lowest BCUT2D eigenvalue weighted by Gasteiger charge is -2.18. The van der Waals surface area contributed by atoms with Crippen LogP contribution in [0.1, 0.15) is 13.3 Å². The summed E-state index contributed by atoms with van der Waals surface area (Å²) < 4.78 is 0. The summed E-state index contributed by atoms with van der Waals surface area (Å²) in [6.45, 7) is 2.22. The maximum Gasteiger partial charge on any atom is 0.227 e. The first-order valence-corrected chi connectivity index (χ1v) is 7.91. The highest BCUT2D eigenvalue weighted by atomic mass is 32.2. The van der Waals surface area contributed by atoms with Gasteiger partial charge < -0.3 is 4.90 Å². The SMILES string of the molecule is CC(=O)SCC1CC(=O)N(c2cccc3cccnc23)C1. The van der Waals surface area contributed by atoms with Crippen LogP contribution in [0.2, 0.25) is 0 Å². The van der Waals surface area contributed by atoms with Crippen LogP contribution >= 0.6 is 11.8 Å². The van der Waals surface area contributed by atoms with E-state index < -0.39 is 0 Å². The zero-order chi connectivity index (χ0) is 14.8. The van der Waals surface area contributed by atoms with Crippen LogP contribution in [0.15, 0.2) is 36.5 Å². The third kappa shape index (κ3) is 2.93. The molecule has 1 atom stereocenters. The topological polar surface area (TPSA) is 50.3 Å². The van der Waals surface area contributed by atoms with Gasteiger partial charge in [0, 0.05) is 37.2 Å². The van der Waals surface area contributed by atoms with Crippen LogP contribution in [0.3, 0.4) is 0 Å². The zero-order valence-corrected chi connectivity index (χ0v) is 12.6. The minimum atomic E-state index is 0.104. The van der Waals surface area contributed by atoms with E-state index in [1.54, 1.807) is 18.0 Å². The summed E-state index contributed by atoms with van der Waals surface area (Å²) in [7, 11) is 0. The van der Waals surface area contributed by atoms with Crippen molar-refractivity contribution in [3.63, 3.8) is 0 Å². The highest BCUT2D eigenvalue weighted by Gasteiger charge is 2.31. The number of pyridine rings is 1. The molecule has 2 aromatic rings. The molecule has 3 rings (SSSR count). The zero-order valence-electron chi connectivity index (χ0n) is 11.8. The van der Waals surface area contributed by atoms with Gasteiger partial charge in [0.25, 0.3) is 0 Å². The number of rotatable bonds is 3. The van der Waals surface area contributed by atoms with Gasteiger partial charge in [-0.1, -0.05) is 30.0 Å². The van der Waals surface area contributed by atoms with E-state index >= 15 is 0 Å². The van der Waals surface area contributed by atoms with Gasteiger partial charge in [-0.2, -0.15) is 0 Å². The molecule has 0 bridgehead atoms. The van der Waals surface area contributed by atoms with Crippen molar-refractivity contribution in [3.8, 4) is 0 Å². The second-order valence-corrected chi connectivity index (χ2v) is 6.43. The maximum absolute atomic E-state index is 12.3. The van der Waals surface area contributed by atoms with E-state index in [2.05, 4.69) is 4.98 Å². The normalized spacial score (nSPS) is 18.4. The Balaban J connectivity index is 1.86. The number of aromatic nitrogens is 1. The Bertz CT molecular complexity index is 696. The lowest BCUT2D eigenvalue weighted by Crippen LogP contribution is -2.25. The average molecular weight is 300 g/mol. The fourth-order valence-electron chi connectivity index (χ4n) is 2.67. The molecule has 0 spiro atoms. The van der Waals surface area contributed by atoms with E-state index in [-0.39, 0.29) is 16.9 Å². The summed E-state index contributed by atoms with van der Waals surface area (Å²) in [6.07, 6.45) is 2.25. The summed E-state index contributed by atoms with van der Waals surface area (Å²) in [5.74, 6) is 1.04. The van der Waals surface area contributed by atoms with E-state index in [0.29, 0.717) is 18.7 Å². The van der Waals surface area contributed by atoms with E-state index in [1.807, 2.05) is 30.3 Å². The predicted octanol–water partition coefficient (Wildman–Crippen LogP) is 2.87. The van der Waals surface area contributed by atoms with Crippen LogP contribution in [0, 0.1) is 5.92 Å². The Hall–Kier alpha value is -1.88. The minimum Gasteiger partial charge on any atom is -0.310 e. The Labute approximate surface area is 127 Å². The molecular formula is C16H16N2O2S. The first kappa shape index (κ1) is 14.1. The highest BCUT2D eigenvalue weighted by Crippen LogP contribution is 2.31. The third-order valence-corrected chi connectivity index (χ3v) is 4.67. The average Bonchev–Trinajstić information content (AvgIpc) is 2.85. The molecule has 1 aliphatic rings. The van der Waals surface area contributed by atoms with Gasteiger partial charge in [-0.25, -0.2) is 0 Å². The first-order chi connectivity index (χ1) is 10.1. The van der Waals surface area contributed by atoms with Gasteiger partial charge in [-0.15, -0.1) is 0 Å². The molecule has 1 aliphatic heterocycles. The van der Waals surface area contributed by atoms with Crippen molar-refractivity contribution in [2.75, 3.05) is 17.2 Å². The summed E-state index contributed by atoms with van der Waals surface area (Å²) in [4.78, 5) is 29.6. The van der Waals surface area contributed by atoms with Gasteiger partial charge in [0.2, 0.25) is 5.91 Å². The van der Waals surface area contributed by atoms with Crippen molar-refractivity contribution in [2.45, 2.75) is 13.3 Å². The number of amides is 1.